The average Bonchev–Trinajstić information content (AvgIpc) is 3.53. The van der Waals surface area contributed by atoms with Gasteiger partial charge >= 0.3 is 6.61 Å². The maximum absolute atomic E-state index is 13.8. The van der Waals surface area contributed by atoms with E-state index in [0.717, 1.165) is 31.0 Å². The molecular formula is C21H17F5O4. The first-order chi connectivity index (χ1) is 14.3. The summed E-state index contributed by atoms with van der Waals surface area (Å²) in [6.45, 7) is -3.48. The molecule has 2 aromatic rings. The normalized spacial score (nSPS) is 13.6. The number of hydrogen-bond acceptors (Lipinski definition) is 4. The molecule has 1 aliphatic carbocycles. The summed E-state index contributed by atoms with van der Waals surface area (Å²) >= 11 is 0. The van der Waals surface area contributed by atoms with Gasteiger partial charge < -0.3 is 9.47 Å². The van der Waals surface area contributed by atoms with Crippen molar-refractivity contribution in [3.63, 3.8) is 0 Å². The molecule has 0 spiro atoms. The van der Waals surface area contributed by atoms with Gasteiger partial charge in [0.1, 0.15) is 5.75 Å². The van der Waals surface area contributed by atoms with Gasteiger partial charge in [-0.15, -0.1) is 0 Å². The Kier molecular flexibility index (Phi) is 6.69. The second-order valence-electron chi connectivity index (χ2n) is 6.74. The highest BCUT2D eigenvalue weighted by molar-refractivity contribution is 6.49. The van der Waals surface area contributed by atoms with Gasteiger partial charge in [0.05, 0.1) is 6.61 Å². The van der Waals surface area contributed by atoms with Crippen molar-refractivity contribution in [1.82, 2.24) is 0 Å². The first-order valence-electron chi connectivity index (χ1n) is 9.14. The molecular weight excluding hydrogens is 411 g/mol. The highest BCUT2D eigenvalue weighted by Crippen LogP contribution is 2.45. The summed E-state index contributed by atoms with van der Waals surface area (Å²) in [5, 5.41) is 0. The van der Waals surface area contributed by atoms with Crippen molar-refractivity contribution in [3.8, 4) is 11.5 Å². The minimum atomic E-state index is -3.02. The molecule has 3 rings (SSSR count). The van der Waals surface area contributed by atoms with Crippen LogP contribution >= 0.6 is 0 Å². The molecule has 0 amide bonds. The Labute approximate surface area is 168 Å². The van der Waals surface area contributed by atoms with Crippen LogP contribution in [0.3, 0.4) is 0 Å². The van der Waals surface area contributed by atoms with Crippen molar-refractivity contribution in [2.45, 2.75) is 38.2 Å². The number of carbonyl (C=O) groups excluding carboxylic acids is 2. The zero-order valence-corrected chi connectivity index (χ0v) is 15.5. The third kappa shape index (κ3) is 5.34. The van der Waals surface area contributed by atoms with E-state index >= 15 is 0 Å². The van der Waals surface area contributed by atoms with E-state index in [1.165, 1.54) is 18.2 Å². The predicted molar refractivity (Wildman–Crippen MR) is 96.2 cm³/mol. The van der Waals surface area contributed by atoms with Gasteiger partial charge in [-0.1, -0.05) is 0 Å². The fourth-order valence-electron chi connectivity index (χ4n) is 2.88. The molecule has 0 unspecified atom stereocenters. The monoisotopic (exact) mass is 428 g/mol. The molecule has 1 aliphatic rings. The molecule has 0 atom stereocenters. The standard InChI is InChI=1S/C21H17F5O4/c22-15-5-3-13(10-17(15)29-8-7-18(23)24)20(28)19(27)12-4-6-16(30-21(25)26)14(9-12)11-1-2-11/h3-6,9-11,18,21H,1-2,7-8H2. The fourth-order valence-corrected chi connectivity index (χ4v) is 2.88. The van der Waals surface area contributed by atoms with E-state index in [4.69, 9.17) is 4.74 Å². The van der Waals surface area contributed by atoms with E-state index in [2.05, 4.69) is 4.74 Å². The molecule has 0 saturated heterocycles. The van der Waals surface area contributed by atoms with E-state index in [1.807, 2.05) is 0 Å². The molecule has 2 aromatic carbocycles. The van der Waals surface area contributed by atoms with E-state index < -0.39 is 49.2 Å². The van der Waals surface area contributed by atoms with Crippen LogP contribution < -0.4 is 9.47 Å². The van der Waals surface area contributed by atoms with Crippen LogP contribution in [0.4, 0.5) is 22.0 Å². The number of ketones is 2. The largest absolute Gasteiger partial charge is 0.490 e. The van der Waals surface area contributed by atoms with Crippen molar-refractivity contribution >= 4 is 11.6 Å². The van der Waals surface area contributed by atoms with Crippen molar-refractivity contribution in [2.75, 3.05) is 6.61 Å². The number of rotatable bonds is 10. The van der Waals surface area contributed by atoms with Crippen molar-refractivity contribution in [1.29, 1.82) is 0 Å². The summed E-state index contributed by atoms with van der Waals surface area (Å²) in [5.41, 5.74) is 0.214. The lowest BCUT2D eigenvalue weighted by atomic mass is 9.98. The number of carbonyl (C=O) groups is 2. The van der Waals surface area contributed by atoms with Crippen molar-refractivity contribution < 1.29 is 41.0 Å². The van der Waals surface area contributed by atoms with Gasteiger partial charge in [-0.3, -0.25) is 9.59 Å². The first kappa shape index (κ1) is 21.7. The average molecular weight is 428 g/mol. The summed E-state index contributed by atoms with van der Waals surface area (Å²) in [5.74, 6) is -3.26. The van der Waals surface area contributed by atoms with Gasteiger partial charge in [0, 0.05) is 17.5 Å². The molecule has 0 aromatic heterocycles. The Balaban J connectivity index is 1.80. The van der Waals surface area contributed by atoms with Gasteiger partial charge in [-0.2, -0.15) is 8.78 Å². The second-order valence-corrected chi connectivity index (χ2v) is 6.74. The number of alkyl halides is 4. The lowest BCUT2D eigenvalue weighted by Crippen LogP contribution is -2.16. The third-order valence-corrected chi connectivity index (χ3v) is 4.50. The molecule has 9 heteroatoms. The van der Waals surface area contributed by atoms with Crippen LogP contribution in [0.2, 0.25) is 0 Å². The van der Waals surface area contributed by atoms with Crippen LogP contribution in [0.1, 0.15) is 51.5 Å². The summed E-state index contributed by atoms with van der Waals surface area (Å²) < 4.78 is 72.7. The molecule has 0 N–H and O–H groups in total. The van der Waals surface area contributed by atoms with E-state index in [0.29, 0.717) is 5.56 Å². The van der Waals surface area contributed by atoms with Crippen molar-refractivity contribution in [2.24, 2.45) is 0 Å². The number of ether oxygens (including phenoxy) is 2. The summed E-state index contributed by atoms with van der Waals surface area (Å²) in [4.78, 5) is 25.2. The highest BCUT2D eigenvalue weighted by Gasteiger charge is 2.30. The number of halogens is 5. The van der Waals surface area contributed by atoms with Crippen LogP contribution in [0.5, 0.6) is 11.5 Å². The van der Waals surface area contributed by atoms with Crippen LogP contribution in [0, 0.1) is 5.82 Å². The smallest absolute Gasteiger partial charge is 0.387 e. The first-order valence-corrected chi connectivity index (χ1v) is 9.14. The molecule has 0 heterocycles. The van der Waals surface area contributed by atoms with Gasteiger partial charge in [-0.25, -0.2) is 13.2 Å². The second kappa shape index (κ2) is 9.23. The quantitative estimate of drug-likeness (QED) is 0.289. The molecule has 30 heavy (non-hydrogen) atoms. The van der Waals surface area contributed by atoms with Gasteiger partial charge in [-0.05, 0) is 60.7 Å². The minimum Gasteiger partial charge on any atom is -0.490 e. The molecule has 1 fully saturated rings. The van der Waals surface area contributed by atoms with E-state index in [9.17, 15) is 31.5 Å². The summed E-state index contributed by atoms with van der Waals surface area (Å²) in [7, 11) is 0. The van der Waals surface area contributed by atoms with Crippen LogP contribution in [-0.4, -0.2) is 31.2 Å². The molecule has 0 radical (unpaired) electrons. The summed E-state index contributed by atoms with van der Waals surface area (Å²) in [6, 6.07) is 6.70. The topological polar surface area (TPSA) is 52.6 Å². The maximum atomic E-state index is 13.8. The Morgan fingerprint density at radius 1 is 0.933 bits per heavy atom. The van der Waals surface area contributed by atoms with Gasteiger partial charge in [0.15, 0.2) is 11.6 Å². The fraction of sp³-hybridized carbons (Fsp3) is 0.333. The maximum Gasteiger partial charge on any atom is 0.387 e. The SMILES string of the molecule is O=C(C(=O)c1ccc(OC(F)F)c(C2CC2)c1)c1ccc(F)c(OCCC(F)F)c1. The number of hydrogen-bond donors (Lipinski definition) is 0. The summed E-state index contributed by atoms with van der Waals surface area (Å²) in [6.07, 6.45) is -1.74. The third-order valence-electron chi connectivity index (χ3n) is 4.50. The Hall–Kier alpha value is -2.97. The Morgan fingerprint density at radius 3 is 2.17 bits per heavy atom. The zero-order valence-electron chi connectivity index (χ0n) is 15.5. The number of benzene rings is 2. The molecule has 160 valence electrons. The lowest BCUT2D eigenvalue weighted by Gasteiger charge is -2.12. The van der Waals surface area contributed by atoms with Crippen LogP contribution in [0.15, 0.2) is 36.4 Å². The molecule has 4 nitrogen and oxygen atoms in total. The van der Waals surface area contributed by atoms with Gasteiger partial charge in [0.2, 0.25) is 18.0 Å². The Bertz CT molecular complexity index is 941. The lowest BCUT2D eigenvalue weighted by molar-refractivity contribution is -0.0504. The van der Waals surface area contributed by atoms with Crippen LogP contribution in [-0.2, 0) is 0 Å². The minimum absolute atomic E-state index is 0.0204. The number of Topliss-reactive ketones (excluding diaryl/α,β-unsaturated/α-hetero) is 2. The van der Waals surface area contributed by atoms with Crippen LogP contribution in [0.25, 0.3) is 0 Å². The highest BCUT2D eigenvalue weighted by atomic mass is 19.3. The zero-order chi connectivity index (χ0) is 21.8. The Morgan fingerprint density at radius 2 is 1.57 bits per heavy atom. The molecule has 0 bridgehead atoms. The van der Waals surface area contributed by atoms with E-state index in [1.54, 1.807) is 0 Å². The van der Waals surface area contributed by atoms with Crippen molar-refractivity contribution in [3.05, 3.63) is 58.9 Å². The molecule has 0 aliphatic heterocycles. The van der Waals surface area contributed by atoms with E-state index in [-0.39, 0.29) is 22.8 Å². The predicted octanol–water partition coefficient (Wildman–Crippen LogP) is 5.40. The molecule has 1 saturated carbocycles. The van der Waals surface area contributed by atoms with Gasteiger partial charge in [0.25, 0.3) is 0 Å².